The molecule has 0 radical (unpaired) electrons. The van der Waals surface area contributed by atoms with Crippen LogP contribution >= 0.6 is 0 Å². The predicted molar refractivity (Wildman–Crippen MR) is 82.1 cm³/mol. The van der Waals surface area contributed by atoms with Crippen molar-refractivity contribution < 1.29 is 4.74 Å². The second-order valence-electron chi connectivity index (χ2n) is 4.61. The molecule has 3 rings (SSSR count). The van der Waals surface area contributed by atoms with Gasteiger partial charge in [-0.1, -0.05) is 24.3 Å². The molecule has 0 unspecified atom stereocenters. The second-order valence-corrected chi connectivity index (χ2v) is 4.61. The largest absolute Gasteiger partial charge is 0.481 e. The van der Waals surface area contributed by atoms with Crippen molar-refractivity contribution in [3.63, 3.8) is 0 Å². The van der Waals surface area contributed by atoms with Gasteiger partial charge in [0, 0.05) is 30.7 Å². The number of H-pyrrole nitrogens is 1. The molecule has 0 aliphatic heterocycles. The molecule has 0 fully saturated rings. The fourth-order valence-electron chi connectivity index (χ4n) is 2.05. The zero-order chi connectivity index (χ0) is 14.5. The van der Waals surface area contributed by atoms with Gasteiger partial charge in [0.1, 0.15) is 0 Å². The van der Waals surface area contributed by atoms with Crippen LogP contribution in [0.3, 0.4) is 0 Å². The van der Waals surface area contributed by atoms with Crippen LogP contribution in [-0.2, 0) is 6.54 Å². The summed E-state index contributed by atoms with van der Waals surface area (Å²) in [4.78, 5) is 4.08. The first kappa shape index (κ1) is 13.2. The summed E-state index contributed by atoms with van der Waals surface area (Å²) >= 11 is 0. The van der Waals surface area contributed by atoms with Gasteiger partial charge in [-0.05, 0) is 23.3 Å². The molecule has 0 aliphatic rings. The van der Waals surface area contributed by atoms with Crippen LogP contribution in [0, 0.1) is 0 Å². The number of hydrogen-bond acceptors (Lipinski definition) is 4. The first-order chi connectivity index (χ1) is 10.3. The number of pyridine rings is 1. The summed E-state index contributed by atoms with van der Waals surface area (Å²) in [5.74, 6) is 0.606. The molecule has 0 atom stereocenters. The average Bonchev–Trinajstić information content (AvgIpc) is 3.08. The molecule has 0 bridgehead atoms. The Balaban J connectivity index is 1.65. The lowest BCUT2D eigenvalue weighted by Gasteiger charge is -2.08. The van der Waals surface area contributed by atoms with Crippen molar-refractivity contribution in [1.82, 2.24) is 15.2 Å². The number of methoxy groups -OCH3 is 1. The molecule has 0 saturated carbocycles. The lowest BCUT2D eigenvalue weighted by Crippen LogP contribution is -2.00. The van der Waals surface area contributed by atoms with Crippen LogP contribution in [0.15, 0.2) is 54.9 Å². The van der Waals surface area contributed by atoms with E-state index in [0.29, 0.717) is 5.88 Å². The number of rotatable bonds is 5. The zero-order valence-electron chi connectivity index (χ0n) is 11.7. The lowest BCUT2D eigenvalue weighted by molar-refractivity contribution is 0.398. The van der Waals surface area contributed by atoms with Crippen LogP contribution in [0.1, 0.15) is 5.56 Å². The van der Waals surface area contributed by atoms with Crippen molar-refractivity contribution in [2.75, 3.05) is 12.4 Å². The third-order valence-corrected chi connectivity index (χ3v) is 3.21. The molecular formula is C16H16N4O. The van der Waals surface area contributed by atoms with Crippen molar-refractivity contribution >= 4 is 5.69 Å². The molecule has 21 heavy (non-hydrogen) atoms. The highest BCUT2D eigenvalue weighted by molar-refractivity contribution is 5.58. The molecule has 0 saturated heterocycles. The molecule has 0 spiro atoms. The summed E-state index contributed by atoms with van der Waals surface area (Å²) < 4.78 is 5.10. The summed E-state index contributed by atoms with van der Waals surface area (Å²) in [5.41, 5.74) is 4.34. The van der Waals surface area contributed by atoms with Gasteiger partial charge in [-0.3, -0.25) is 5.10 Å². The zero-order valence-corrected chi connectivity index (χ0v) is 11.7. The summed E-state index contributed by atoms with van der Waals surface area (Å²) in [6.07, 6.45) is 3.48. The summed E-state index contributed by atoms with van der Waals surface area (Å²) in [7, 11) is 1.61. The van der Waals surface area contributed by atoms with E-state index < -0.39 is 0 Å². The van der Waals surface area contributed by atoms with Crippen LogP contribution in [0.4, 0.5) is 5.69 Å². The van der Waals surface area contributed by atoms with Crippen molar-refractivity contribution in [1.29, 1.82) is 0 Å². The van der Waals surface area contributed by atoms with Gasteiger partial charge in [-0.2, -0.15) is 5.10 Å². The Bertz CT molecular complexity index is 693. The van der Waals surface area contributed by atoms with Crippen LogP contribution in [0.5, 0.6) is 5.88 Å². The van der Waals surface area contributed by atoms with E-state index in [1.54, 1.807) is 19.5 Å². The van der Waals surface area contributed by atoms with Gasteiger partial charge < -0.3 is 10.1 Å². The number of nitrogens with zero attached hydrogens (tertiary/aromatic N) is 2. The fraction of sp³-hybridized carbons (Fsp3) is 0.125. The number of ether oxygens (including phenoxy) is 1. The smallest absolute Gasteiger partial charge is 0.214 e. The number of nitrogens with one attached hydrogen (secondary N) is 2. The van der Waals surface area contributed by atoms with Crippen LogP contribution in [0.25, 0.3) is 11.3 Å². The Hall–Kier alpha value is -2.82. The Morgan fingerprint density at radius 2 is 1.95 bits per heavy atom. The van der Waals surface area contributed by atoms with E-state index in [1.807, 2.05) is 18.2 Å². The molecule has 106 valence electrons. The maximum absolute atomic E-state index is 5.10. The average molecular weight is 280 g/mol. The summed E-state index contributed by atoms with van der Waals surface area (Å²) in [6, 6.07) is 14.1. The minimum absolute atomic E-state index is 0.606. The molecule has 5 nitrogen and oxygen atoms in total. The Kier molecular flexibility index (Phi) is 3.82. The van der Waals surface area contributed by atoms with Gasteiger partial charge in [-0.15, -0.1) is 0 Å². The van der Waals surface area contributed by atoms with Crippen LogP contribution < -0.4 is 10.1 Å². The van der Waals surface area contributed by atoms with E-state index in [0.717, 1.165) is 23.5 Å². The SMILES string of the molecule is COc1cc(NCc2ccc(-c3ccn[nH]3)cc2)ccn1. The molecule has 0 amide bonds. The minimum atomic E-state index is 0.606. The monoisotopic (exact) mass is 280 g/mol. The Morgan fingerprint density at radius 1 is 1.10 bits per heavy atom. The Morgan fingerprint density at radius 3 is 2.67 bits per heavy atom. The van der Waals surface area contributed by atoms with E-state index in [1.165, 1.54) is 5.56 Å². The van der Waals surface area contributed by atoms with Gasteiger partial charge in [0.25, 0.3) is 0 Å². The van der Waals surface area contributed by atoms with E-state index in [4.69, 9.17) is 4.74 Å². The van der Waals surface area contributed by atoms with Gasteiger partial charge >= 0.3 is 0 Å². The van der Waals surface area contributed by atoms with E-state index in [9.17, 15) is 0 Å². The highest BCUT2D eigenvalue weighted by Crippen LogP contribution is 2.18. The van der Waals surface area contributed by atoms with E-state index in [2.05, 4.69) is 44.8 Å². The van der Waals surface area contributed by atoms with Crippen LogP contribution in [-0.4, -0.2) is 22.3 Å². The van der Waals surface area contributed by atoms with Crippen molar-refractivity contribution in [2.24, 2.45) is 0 Å². The maximum atomic E-state index is 5.10. The van der Waals surface area contributed by atoms with Gasteiger partial charge in [0.05, 0.1) is 12.8 Å². The predicted octanol–water partition coefficient (Wildman–Crippen LogP) is 3.09. The Labute approximate surface area is 123 Å². The molecule has 2 aromatic heterocycles. The number of hydrogen-bond donors (Lipinski definition) is 2. The topological polar surface area (TPSA) is 62.8 Å². The number of anilines is 1. The molecule has 0 aliphatic carbocycles. The number of aromatic nitrogens is 3. The van der Waals surface area contributed by atoms with E-state index >= 15 is 0 Å². The van der Waals surface area contributed by atoms with Gasteiger partial charge in [0.15, 0.2) is 0 Å². The summed E-state index contributed by atoms with van der Waals surface area (Å²) in [6.45, 7) is 0.746. The first-order valence-electron chi connectivity index (χ1n) is 6.68. The van der Waals surface area contributed by atoms with Crippen molar-refractivity contribution in [2.45, 2.75) is 6.54 Å². The molecule has 2 N–H and O–H groups in total. The molecule has 5 heteroatoms. The molecular weight excluding hydrogens is 264 g/mol. The molecule has 1 aromatic carbocycles. The number of benzene rings is 1. The quantitative estimate of drug-likeness (QED) is 0.754. The highest BCUT2D eigenvalue weighted by Gasteiger charge is 2.00. The summed E-state index contributed by atoms with van der Waals surface area (Å²) in [5, 5.41) is 10.3. The van der Waals surface area contributed by atoms with Gasteiger partial charge in [-0.25, -0.2) is 4.98 Å². The number of aromatic amines is 1. The normalized spacial score (nSPS) is 10.3. The van der Waals surface area contributed by atoms with Gasteiger partial charge in [0.2, 0.25) is 5.88 Å². The lowest BCUT2D eigenvalue weighted by atomic mass is 10.1. The molecule has 2 heterocycles. The first-order valence-corrected chi connectivity index (χ1v) is 6.68. The fourth-order valence-corrected chi connectivity index (χ4v) is 2.05. The van der Waals surface area contributed by atoms with Crippen LogP contribution in [0.2, 0.25) is 0 Å². The van der Waals surface area contributed by atoms with E-state index in [-0.39, 0.29) is 0 Å². The second kappa shape index (κ2) is 6.09. The highest BCUT2D eigenvalue weighted by atomic mass is 16.5. The maximum Gasteiger partial charge on any atom is 0.214 e. The third kappa shape index (κ3) is 3.20. The molecule has 3 aromatic rings. The minimum Gasteiger partial charge on any atom is -0.481 e. The van der Waals surface area contributed by atoms with Crippen molar-refractivity contribution in [3.05, 3.63) is 60.4 Å². The van der Waals surface area contributed by atoms with Crippen molar-refractivity contribution in [3.8, 4) is 17.1 Å². The standard InChI is InChI=1S/C16H16N4O/c1-21-16-10-14(6-8-17-16)18-11-12-2-4-13(5-3-12)15-7-9-19-20-15/h2-10H,11H2,1H3,(H,17,18)(H,19,20). The third-order valence-electron chi connectivity index (χ3n) is 3.21.